The van der Waals surface area contributed by atoms with Crippen LogP contribution in [0.1, 0.15) is 12.0 Å². The van der Waals surface area contributed by atoms with Crippen molar-refractivity contribution < 1.29 is 13.7 Å². The van der Waals surface area contributed by atoms with Crippen molar-refractivity contribution in [2.24, 2.45) is 5.92 Å². The summed E-state index contributed by atoms with van der Waals surface area (Å²) in [5.41, 5.74) is -0.562. The van der Waals surface area contributed by atoms with Crippen LogP contribution in [0.2, 0.25) is 0 Å². The molecule has 1 aromatic carbocycles. The number of nitrogens with one attached hydrogen (secondary N) is 1. The lowest BCUT2D eigenvalue weighted by atomic mass is 10.1. The van der Waals surface area contributed by atoms with Gasteiger partial charge in [-0.3, -0.25) is 10.1 Å². The van der Waals surface area contributed by atoms with Gasteiger partial charge in [-0.05, 0) is 30.4 Å². The summed E-state index contributed by atoms with van der Waals surface area (Å²) in [6, 6.07) is 1.53. The van der Waals surface area contributed by atoms with Crippen LogP contribution >= 0.6 is 11.8 Å². The lowest BCUT2D eigenvalue weighted by Crippen LogP contribution is -2.22. The van der Waals surface area contributed by atoms with Crippen LogP contribution in [-0.4, -0.2) is 23.0 Å². The summed E-state index contributed by atoms with van der Waals surface area (Å²) in [4.78, 5) is 9.75. The van der Waals surface area contributed by atoms with E-state index in [1.807, 2.05) is 11.8 Å². The molecule has 0 radical (unpaired) electrons. The van der Waals surface area contributed by atoms with E-state index in [0.29, 0.717) is 12.0 Å². The van der Waals surface area contributed by atoms with E-state index < -0.39 is 22.2 Å². The van der Waals surface area contributed by atoms with Crippen molar-refractivity contribution in [3.63, 3.8) is 0 Å². The minimum atomic E-state index is -1.14. The molecule has 19 heavy (non-hydrogen) atoms. The number of hydrogen-bond donors (Lipinski definition) is 1. The first-order chi connectivity index (χ1) is 9.08. The predicted octanol–water partition coefficient (Wildman–Crippen LogP) is 2.72. The third kappa shape index (κ3) is 3.63. The van der Waals surface area contributed by atoms with Gasteiger partial charge in [0.1, 0.15) is 5.82 Å². The smallest absolute Gasteiger partial charge is 0.305 e. The third-order valence-corrected chi connectivity index (χ3v) is 4.32. The Labute approximate surface area is 113 Å². The molecule has 1 aliphatic heterocycles. The fourth-order valence-electron chi connectivity index (χ4n) is 2.01. The van der Waals surface area contributed by atoms with Gasteiger partial charge in [0.15, 0.2) is 0 Å². The molecule has 1 aliphatic rings. The molecule has 2 rings (SSSR count). The van der Waals surface area contributed by atoms with Crippen molar-refractivity contribution in [2.75, 3.05) is 18.1 Å². The Morgan fingerprint density at radius 3 is 2.84 bits per heavy atom. The largest absolute Gasteiger partial charge is 0.312 e. The molecule has 1 saturated heterocycles. The van der Waals surface area contributed by atoms with E-state index in [0.717, 1.165) is 30.5 Å². The van der Waals surface area contributed by atoms with E-state index in [2.05, 4.69) is 5.32 Å². The van der Waals surface area contributed by atoms with Gasteiger partial charge >= 0.3 is 5.69 Å². The topological polar surface area (TPSA) is 55.2 Å². The van der Waals surface area contributed by atoms with E-state index in [1.165, 1.54) is 0 Å². The Hall–Kier alpha value is -1.21. The van der Waals surface area contributed by atoms with Gasteiger partial charge in [-0.2, -0.15) is 16.2 Å². The van der Waals surface area contributed by atoms with Crippen LogP contribution in [0.4, 0.5) is 14.5 Å². The molecule has 0 saturated carbocycles. The number of thioether (sulfide) groups is 1. The number of halogens is 2. The predicted molar refractivity (Wildman–Crippen MR) is 70.2 cm³/mol. The van der Waals surface area contributed by atoms with Crippen LogP contribution in [0, 0.1) is 27.7 Å². The Kier molecular flexibility index (Phi) is 4.71. The van der Waals surface area contributed by atoms with Crippen molar-refractivity contribution in [1.82, 2.24) is 5.32 Å². The molecule has 0 aliphatic carbocycles. The molecule has 0 aromatic heterocycles. The zero-order valence-corrected chi connectivity index (χ0v) is 11.0. The highest BCUT2D eigenvalue weighted by Gasteiger charge is 2.19. The number of benzene rings is 1. The number of nitro benzene ring substituents is 1. The fourth-order valence-corrected chi connectivity index (χ4v) is 3.30. The molecule has 1 fully saturated rings. The second-order valence-electron chi connectivity index (χ2n) is 4.51. The second-order valence-corrected chi connectivity index (χ2v) is 5.66. The average molecular weight is 288 g/mol. The SMILES string of the molecule is O=[N+]([O-])c1cc(CNCC2CCSC2)c(F)cc1F. The minimum absolute atomic E-state index is 0.124. The highest BCUT2D eigenvalue weighted by Crippen LogP contribution is 2.23. The lowest BCUT2D eigenvalue weighted by molar-refractivity contribution is -0.387. The summed E-state index contributed by atoms with van der Waals surface area (Å²) in [6.45, 7) is 0.922. The molecule has 1 heterocycles. The Balaban J connectivity index is 1.98. The highest BCUT2D eigenvalue weighted by molar-refractivity contribution is 7.99. The van der Waals surface area contributed by atoms with Gasteiger partial charge in [0.05, 0.1) is 4.92 Å². The van der Waals surface area contributed by atoms with E-state index in [9.17, 15) is 18.9 Å². The van der Waals surface area contributed by atoms with Gasteiger partial charge < -0.3 is 5.32 Å². The minimum Gasteiger partial charge on any atom is -0.312 e. The maximum absolute atomic E-state index is 13.5. The normalized spacial score (nSPS) is 18.7. The molecular formula is C12H14F2N2O2S. The molecule has 1 atom stereocenters. The Morgan fingerprint density at radius 2 is 2.21 bits per heavy atom. The van der Waals surface area contributed by atoms with Crippen LogP contribution in [0.3, 0.4) is 0 Å². The summed E-state index contributed by atoms with van der Waals surface area (Å²) in [6.07, 6.45) is 1.13. The van der Waals surface area contributed by atoms with Crippen LogP contribution in [0.15, 0.2) is 12.1 Å². The summed E-state index contributed by atoms with van der Waals surface area (Å²) < 4.78 is 26.6. The van der Waals surface area contributed by atoms with E-state index >= 15 is 0 Å². The van der Waals surface area contributed by atoms with Crippen molar-refractivity contribution in [1.29, 1.82) is 0 Å². The van der Waals surface area contributed by atoms with Crippen molar-refractivity contribution in [3.05, 3.63) is 39.4 Å². The molecule has 1 unspecified atom stereocenters. The molecule has 0 amide bonds. The van der Waals surface area contributed by atoms with Gasteiger partial charge in [0, 0.05) is 24.2 Å². The van der Waals surface area contributed by atoms with Gasteiger partial charge in [-0.25, -0.2) is 4.39 Å². The monoisotopic (exact) mass is 288 g/mol. The quantitative estimate of drug-likeness (QED) is 0.668. The zero-order valence-electron chi connectivity index (χ0n) is 10.2. The first kappa shape index (κ1) is 14.2. The van der Waals surface area contributed by atoms with Crippen LogP contribution in [-0.2, 0) is 6.54 Å². The zero-order chi connectivity index (χ0) is 13.8. The number of hydrogen-bond acceptors (Lipinski definition) is 4. The van der Waals surface area contributed by atoms with Crippen molar-refractivity contribution in [2.45, 2.75) is 13.0 Å². The Morgan fingerprint density at radius 1 is 1.42 bits per heavy atom. The van der Waals surface area contributed by atoms with Crippen LogP contribution in [0.5, 0.6) is 0 Å². The van der Waals surface area contributed by atoms with Crippen LogP contribution in [0.25, 0.3) is 0 Å². The highest BCUT2D eigenvalue weighted by atomic mass is 32.2. The molecule has 4 nitrogen and oxygen atoms in total. The standard InChI is InChI=1S/C12H14F2N2O2S/c13-10-4-11(14)12(16(17)18)3-9(10)6-15-5-8-1-2-19-7-8/h3-4,8,15H,1-2,5-7H2. The van der Waals surface area contributed by atoms with E-state index in [-0.39, 0.29) is 12.1 Å². The first-order valence-electron chi connectivity index (χ1n) is 5.98. The first-order valence-corrected chi connectivity index (χ1v) is 7.14. The Bertz CT molecular complexity index is 479. The molecule has 1 N–H and O–H groups in total. The maximum atomic E-state index is 13.5. The average Bonchev–Trinajstić information content (AvgIpc) is 2.84. The molecular weight excluding hydrogens is 274 g/mol. The summed E-state index contributed by atoms with van der Waals surface area (Å²) in [5, 5.41) is 13.7. The lowest BCUT2D eigenvalue weighted by Gasteiger charge is -2.10. The summed E-state index contributed by atoms with van der Waals surface area (Å²) in [7, 11) is 0. The van der Waals surface area contributed by atoms with Gasteiger partial charge in [0.2, 0.25) is 5.82 Å². The molecule has 1 aromatic rings. The van der Waals surface area contributed by atoms with Gasteiger partial charge in [0.25, 0.3) is 0 Å². The van der Waals surface area contributed by atoms with E-state index in [4.69, 9.17) is 0 Å². The number of nitro groups is 1. The fraction of sp³-hybridized carbons (Fsp3) is 0.500. The molecule has 0 spiro atoms. The summed E-state index contributed by atoms with van der Waals surface area (Å²) in [5.74, 6) is 0.889. The molecule has 7 heteroatoms. The van der Waals surface area contributed by atoms with E-state index in [1.54, 1.807) is 0 Å². The number of rotatable bonds is 5. The molecule has 104 valence electrons. The maximum Gasteiger partial charge on any atom is 0.305 e. The second kappa shape index (κ2) is 6.29. The van der Waals surface area contributed by atoms with Crippen molar-refractivity contribution in [3.8, 4) is 0 Å². The molecule has 0 bridgehead atoms. The summed E-state index contributed by atoms with van der Waals surface area (Å²) >= 11 is 1.89. The third-order valence-electron chi connectivity index (χ3n) is 3.09. The van der Waals surface area contributed by atoms with Gasteiger partial charge in [-0.1, -0.05) is 0 Å². The van der Waals surface area contributed by atoms with Gasteiger partial charge in [-0.15, -0.1) is 0 Å². The van der Waals surface area contributed by atoms with Crippen LogP contribution < -0.4 is 5.32 Å². The number of nitrogens with zero attached hydrogens (tertiary/aromatic N) is 1. The van der Waals surface area contributed by atoms with Crippen molar-refractivity contribution >= 4 is 17.4 Å².